The van der Waals surface area contributed by atoms with Gasteiger partial charge in [-0.1, -0.05) is 18.2 Å². The molecule has 32 heavy (non-hydrogen) atoms. The summed E-state index contributed by atoms with van der Waals surface area (Å²) in [5, 5.41) is 4.63. The van der Waals surface area contributed by atoms with Crippen molar-refractivity contribution in [3.63, 3.8) is 0 Å². The van der Waals surface area contributed by atoms with E-state index in [9.17, 15) is 4.39 Å². The molecule has 9 heteroatoms. The molecule has 1 aromatic carbocycles. The number of pyridine rings is 1. The maximum absolute atomic E-state index is 13.8. The van der Waals surface area contributed by atoms with Crippen molar-refractivity contribution in [1.29, 1.82) is 0 Å². The zero-order valence-electron chi connectivity index (χ0n) is 17.1. The minimum Gasteiger partial charge on any atom is -0.377 e. The Kier molecular flexibility index (Phi) is 4.53. The number of fused-ring (bicyclic) bond motifs is 2. The van der Waals surface area contributed by atoms with Crippen LogP contribution >= 0.6 is 0 Å². The molecule has 5 aromatic rings. The Morgan fingerprint density at radius 1 is 1.19 bits per heavy atom. The number of ether oxygens (including phenoxy) is 1. The summed E-state index contributed by atoms with van der Waals surface area (Å²) in [6, 6.07) is 9.81. The number of rotatable bonds is 6. The molecule has 8 nitrogen and oxygen atoms in total. The molecule has 1 aliphatic rings. The van der Waals surface area contributed by atoms with Crippen molar-refractivity contribution in [2.75, 3.05) is 25.1 Å². The van der Waals surface area contributed by atoms with E-state index in [0.717, 1.165) is 11.9 Å². The summed E-state index contributed by atoms with van der Waals surface area (Å²) in [6.45, 7) is 1.90. The van der Waals surface area contributed by atoms with Crippen LogP contribution in [0.1, 0.15) is 11.6 Å². The molecular formula is C23H20FN7O. The lowest BCUT2D eigenvalue weighted by Gasteiger charge is -2.27. The number of hydrogen-bond donors (Lipinski definition) is 2. The Hall–Kier alpha value is -3.85. The van der Waals surface area contributed by atoms with Crippen molar-refractivity contribution in [3.8, 4) is 11.4 Å². The number of H-pyrrole nitrogens is 1. The summed E-state index contributed by atoms with van der Waals surface area (Å²) in [5.41, 5.74) is 4.25. The second kappa shape index (κ2) is 7.69. The van der Waals surface area contributed by atoms with Crippen LogP contribution in [0, 0.1) is 5.82 Å². The highest BCUT2D eigenvalue weighted by Gasteiger charge is 2.24. The Morgan fingerprint density at radius 2 is 2.09 bits per heavy atom. The smallest absolute Gasteiger partial charge is 0.166 e. The van der Waals surface area contributed by atoms with Crippen molar-refractivity contribution < 1.29 is 9.13 Å². The van der Waals surface area contributed by atoms with Gasteiger partial charge in [0.1, 0.15) is 11.3 Å². The quantitative estimate of drug-likeness (QED) is 0.427. The van der Waals surface area contributed by atoms with E-state index in [0.29, 0.717) is 48.1 Å². The molecule has 0 saturated carbocycles. The van der Waals surface area contributed by atoms with E-state index >= 15 is 0 Å². The Balaban J connectivity index is 1.35. The zero-order valence-corrected chi connectivity index (χ0v) is 17.1. The molecule has 0 aliphatic carbocycles. The van der Waals surface area contributed by atoms with Gasteiger partial charge in [0.2, 0.25) is 0 Å². The highest BCUT2D eigenvalue weighted by Crippen LogP contribution is 2.28. The Morgan fingerprint density at radius 3 is 2.94 bits per heavy atom. The van der Waals surface area contributed by atoms with Gasteiger partial charge in [-0.3, -0.25) is 4.98 Å². The molecule has 1 saturated heterocycles. The SMILES string of the molecule is Fc1cncc(-c2nc(NCCc3c[nH]c4ccccc34)c3ncn(C4COC4)c3n2)c1. The van der Waals surface area contributed by atoms with Crippen LogP contribution in [0.2, 0.25) is 0 Å². The van der Waals surface area contributed by atoms with Crippen LogP contribution in [0.4, 0.5) is 10.2 Å². The normalized spacial score (nSPS) is 14.2. The Bertz CT molecular complexity index is 1420. The molecular weight excluding hydrogens is 409 g/mol. The summed E-state index contributed by atoms with van der Waals surface area (Å²) in [5.74, 6) is 0.593. The van der Waals surface area contributed by atoms with Gasteiger partial charge < -0.3 is 19.6 Å². The lowest BCUT2D eigenvalue weighted by atomic mass is 10.1. The average Bonchev–Trinajstić information content (AvgIpc) is 3.37. The highest BCUT2D eigenvalue weighted by molar-refractivity contribution is 5.86. The molecule has 0 unspecified atom stereocenters. The van der Waals surface area contributed by atoms with Gasteiger partial charge in [-0.25, -0.2) is 19.3 Å². The molecule has 0 spiro atoms. The molecule has 0 amide bonds. The largest absolute Gasteiger partial charge is 0.377 e. The topological polar surface area (TPSA) is 93.5 Å². The van der Waals surface area contributed by atoms with Gasteiger partial charge in [-0.2, -0.15) is 0 Å². The van der Waals surface area contributed by atoms with Crippen molar-refractivity contribution in [2.24, 2.45) is 0 Å². The van der Waals surface area contributed by atoms with Crippen LogP contribution in [0.25, 0.3) is 33.5 Å². The van der Waals surface area contributed by atoms with E-state index in [-0.39, 0.29) is 6.04 Å². The molecule has 0 radical (unpaired) electrons. The fourth-order valence-corrected chi connectivity index (χ4v) is 4.01. The molecule has 5 heterocycles. The first-order valence-electron chi connectivity index (χ1n) is 10.5. The number of anilines is 1. The standard InChI is InChI=1S/C23H20FN7O/c24-16-7-15(8-25-10-16)21-29-22(20-23(30-21)31(13-28-20)17-11-32-12-17)26-6-5-14-9-27-19-4-2-1-3-18(14)19/h1-4,7-10,13,17,27H,5-6,11-12H2,(H,26,29,30). The second-order valence-corrected chi connectivity index (χ2v) is 7.84. The number of nitrogens with zero attached hydrogens (tertiary/aromatic N) is 5. The van der Waals surface area contributed by atoms with Gasteiger partial charge in [0.15, 0.2) is 17.3 Å². The number of para-hydroxylation sites is 1. The van der Waals surface area contributed by atoms with E-state index in [1.54, 1.807) is 12.5 Å². The Labute approximate surface area is 182 Å². The maximum Gasteiger partial charge on any atom is 0.166 e. The molecule has 1 aliphatic heterocycles. The predicted molar refractivity (Wildman–Crippen MR) is 119 cm³/mol. The van der Waals surface area contributed by atoms with Crippen molar-refractivity contribution in [1.82, 2.24) is 29.5 Å². The molecule has 6 rings (SSSR count). The van der Waals surface area contributed by atoms with E-state index in [1.807, 2.05) is 22.9 Å². The monoisotopic (exact) mass is 429 g/mol. The van der Waals surface area contributed by atoms with Gasteiger partial charge in [0.25, 0.3) is 0 Å². The fraction of sp³-hybridized carbons (Fsp3) is 0.217. The van der Waals surface area contributed by atoms with E-state index in [1.165, 1.54) is 23.2 Å². The number of benzene rings is 1. The summed E-state index contributed by atoms with van der Waals surface area (Å²) in [6.07, 6.45) is 7.34. The number of aromatic amines is 1. The molecule has 4 aromatic heterocycles. The lowest BCUT2D eigenvalue weighted by Crippen LogP contribution is -2.30. The van der Waals surface area contributed by atoms with Gasteiger partial charge in [0.05, 0.1) is 31.8 Å². The third-order valence-electron chi connectivity index (χ3n) is 5.76. The van der Waals surface area contributed by atoms with Gasteiger partial charge in [-0.15, -0.1) is 0 Å². The molecule has 0 atom stereocenters. The number of halogens is 1. The van der Waals surface area contributed by atoms with Crippen LogP contribution in [-0.2, 0) is 11.2 Å². The van der Waals surface area contributed by atoms with E-state index in [2.05, 4.69) is 37.4 Å². The van der Waals surface area contributed by atoms with Crippen LogP contribution in [0.15, 0.2) is 55.2 Å². The lowest BCUT2D eigenvalue weighted by molar-refractivity contribution is -0.0218. The van der Waals surface area contributed by atoms with Crippen LogP contribution in [0.3, 0.4) is 0 Å². The summed E-state index contributed by atoms with van der Waals surface area (Å²) in [7, 11) is 0. The third-order valence-corrected chi connectivity index (χ3v) is 5.76. The number of aromatic nitrogens is 6. The first-order valence-corrected chi connectivity index (χ1v) is 10.5. The van der Waals surface area contributed by atoms with Crippen LogP contribution in [0.5, 0.6) is 0 Å². The minimum atomic E-state index is -0.430. The third kappa shape index (κ3) is 3.27. The summed E-state index contributed by atoms with van der Waals surface area (Å²) >= 11 is 0. The van der Waals surface area contributed by atoms with Crippen LogP contribution < -0.4 is 5.32 Å². The first-order chi connectivity index (χ1) is 15.8. The van der Waals surface area contributed by atoms with Crippen molar-refractivity contribution >= 4 is 27.9 Å². The van der Waals surface area contributed by atoms with Crippen molar-refractivity contribution in [2.45, 2.75) is 12.5 Å². The fourth-order valence-electron chi connectivity index (χ4n) is 4.01. The molecule has 0 bridgehead atoms. The van der Waals surface area contributed by atoms with Crippen LogP contribution in [-0.4, -0.2) is 49.2 Å². The number of imidazole rings is 1. The maximum atomic E-state index is 13.8. The number of nitrogens with one attached hydrogen (secondary N) is 2. The van der Waals surface area contributed by atoms with E-state index < -0.39 is 5.82 Å². The highest BCUT2D eigenvalue weighted by atomic mass is 19.1. The van der Waals surface area contributed by atoms with Gasteiger partial charge in [0, 0.05) is 35.4 Å². The molecule has 1 fully saturated rings. The molecule has 160 valence electrons. The zero-order chi connectivity index (χ0) is 21.5. The second-order valence-electron chi connectivity index (χ2n) is 7.84. The van der Waals surface area contributed by atoms with Crippen molar-refractivity contribution in [3.05, 3.63) is 66.6 Å². The molecule has 2 N–H and O–H groups in total. The minimum absolute atomic E-state index is 0.187. The number of hydrogen-bond acceptors (Lipinski definition) is 6. The predicted octanol–water partition coefficient (Wildman–Crippen LogP) is 3.73. The van der Waals surface area contributed by atoms with Gasteiger partial charge >= 0.3 is 0 Å². The van der Waals surface area contributed by atoms with Gasteiger partial charge in [-0.05, 0) is 24.1 Å². The summed E-state index contributed by atoms with van der Waals surface area (Å²) in [4.78, 5) is 21.2. The average molecular weight is 429 g/mol. The first kappa shape index (κ1) is 18.9. The summed E-state index contributed by atoms with van der Waals surface area (Å²) < 4.78 is 21.1. The van der Waals surface area contributed by atoms with E-state index in [4.69, 9.17) is 9.72 Å².